The van der Waals surface area contributed by atoms with Crippen LogP contribution in [0.15, 0.2) is 42.5 Å². The van der Waals surface area contributed by atoms with Crippen molar-refractivity contribution >= 4 is 11.3 Å². The molecule has 1 saturated heterocycles. The number of ether oxygens (including phenoxy) is 1. The molecule has 2 unspecified atom stereocenters. The summed E-state index contributed by atoms with van der Waals surface area (Å²) in [7, 11) is 0. The maximum absolute atomic E-state index is 6.04. The van der Waals surface area contributed by atoms with Crippen LogP contribution in [0.3, 0.4) is 0 Å². The molecule has 1 aromatic carbocycles. The van der Waals surface area contributed by atoms with Crippen molar-refractivity contribution in [1.82, 2.24) is 5.32 Å². The first-order valence-electron chi connectivity index (χ1n) is 6.85. The van der Waals surface area contributed by atoms with Crippen molar-refractivity contribution in [2.75, 3.05) is 13.2 Å². The molecular weight excluding hydrogens is 254 g/mol. The van der Waals surface area contributed by atoms with Gasteiger partial charge in [0.25, 0.3) is 0 Å². The highest BCUT2D eigenvalue weighted by molar-refractivity contribution is 7.12. The fourth-order valence-electron chi connectivity index (χ4n) is 2.42. The van der Waals surface area contributed by atoms with Crippen LogP contribution in [-0.2, 0) is 11.2 Å². The van der Waals surface area contributed by atoms with E-state index in [9.17, 15) is 0 Å². The summed E-state index contributed by atoms with van der Waals surface area (Å²) in [6, 6.07) is 15.3. The number of hydrogen-bond acceptors (Lipinski definition) is 3. The van der Waals surface area contributed by atoms with Crippen LogP contribution in [0.4, 0.5) is 0 Å². The zero-order valence-electron chi connectivity index (χ0n) is 11.1. The molecular formula is C16H19NOS. The van der Waals surface area contributed by atoms with E-state index in [-0.39, 0.29) is 6.10 Å². The van der Waals surface area contributed by atoms with E-state index in [0.717, 1.165) is 19.6 Å². The summed E-state index contributed by atoms with van der Waals surface area (Å²) < 4.78 is 6.04. The fraction of sp³-hybridized carbons (Fsp3) is 0.375. The van der Waals surface area contributed by atoms with Crippen LogP contribution in [0, 0.1) is 0 Å². The number of morpholine rings is 1. The standard InChI is InChI=1S/C16H19NOS/c1-2-13-8-9-16(19-13)15-10-17-14(11-18-15)12-6-4-3-5-7-12/h3-9,14-15,17H,2,10-11H2,1H3. The number of rotatable bonds is 3. The van der Waals surface area contributed by atoms with Crippen molar-refractivity contribution in [3.8, 4) is 0 Å². The highest BCUT2D eigenvalue weighted by Gasteiger charge is 2.24. The second-order valence-electron chi connectivity index (χ2n) is 4.85. The monoisotopic (exact) mass is 273 g/mol. The minimum atomic E-state index is 0.213. The summed E-state index contributed by atoms with van der Waals surface area (Å²) in [6.45, 7) is 3.83. The van der Waals surface area contributed by atoms with E-state index in [0.29, 0.717) is 6.04 Å². The van der Waals surface area contributed by atoms with E-state index < -0.39 is 0 Å². The first-order chi connectivity index (χ1) is 9.36. The Kier molecular flexibility index (Phi) is 3.97. The normalized spacial score (nSPS) is 23.4. The molecule has 2 nitrogen and oxygen atoms in total. The lowest BCUT2D eigenvalue weighted by Crippen LogP contribution is -2.36. The van der Waals surface area contributed by atoms with Crippen LogP contribution in [-0.4, -0.2) is 13.2 Å². The second-order valence-corrected chi connectivity index (χ2v) is 6.05. The maximum Gasteiger partial charge on any atom is 0.104 e. The van der Waals surface area contributed by atoms with Gasteiger partial charge in [-0.3, -0.25) is 0 Å². The Hall–Kier alpha value is -1.16. The Morgan fingerprint density at radius 2 is 2.05 bits per heavy atom. The summed E-state index contributed by atoms with van der Waals surface area (Å²) in [5.74, 6) is 0. The average Bonchev–Trinajstić information content (AvgIpc) is 2.97. The molecule has 1 aliphatic rings. The van der Waals surface area contributed by atoms with Gasteiger partial charge in [-0.2, -0.15) is 0 Å². The maximum atomic E-state index is 6.04. The minimum Gasteiger partial charge on any atom is -0.369 e. The molecule has 0 aliphatic carbocycles. The molecule has 2 heterocycles. The molecule has 0 saturated carbocycles. The molecule has 1 aliphatic heterocycles. The van der Waals surface area contributed by atoms with Gasteiger partial charge in [-0.15, -0.1) is 11.3 Å². The number of nitrogens with one attached hydrogen (secondary N) is 1. The highest BCUT2D eigenvalue weighted by Crippen LogP contribution is 2.30. The molecule has 0 bridgehead atoms. The lowest BCUT2D eigenvalue weighted by molar-refractivity contribution is 0.00441. The predicted octanol–water partition coefficient (Wildman–Crippen LogP) is 3.71. The molecule has 19 heavy (non-hydrogen) atoms. The summed E-state index contributed by atoms with van der Waals surface area (Å²) in [5, 5.41) is 3.59. The van der Waals surface area contributed by atoms with Crippen molar-refractivity contribution in [2.45, 2.75) is 25.5 Å². The molecule has 100 valence electrons. The van der Waals surface area contributed by atoms with Gasteiger partial charge >= 0.3 is 0 Å². The van der Waals surface area contributed by atoms with E-state index >= 15 is 0 Å². The first-order valence-corrected chi connectivity index (χ1v) is 7.67. The van der Waals surface area contributed by atoms with Gasteiger partial charge in [0.05, 0.1) is 12.6 Å². The van der Waals surface area contributed by atoms with Gasteiger partial charge < -0.3 is 10.1 Å². The molecule has 1 fully saturated rings. The Labute approximate surface area is 118 Å². The molecule has 3 heteroatoms. The van der Waals surface area contributed by atoms with Gasteiger partial charge in [-0.1, -0.05) is 37.3 Å². The summed E-state index contributed by atoms with van der Waals surface area (Å²) in [4.78, 5) is 2.78. The number of aryl methyl sites for hydroxylation is 1. The van der Waals surface area contributed by atoms with Gasteiger partial charge in [0.2, 0.25) is 0 Å². The molecule has 1 aromatic heterocycles. The first kappa shape index (κ1) is 12.9. The number of benzene rings is 1. The molecule has 3 rings (SSSR count). The summed E-state index contributed by atoms with van der Waals surface area (Å²) in [6.07, 6.45) is 1.32. The smallest absolute Gasteiger partial charge is 0.104 e. The average molecular weight is 273 g/mol. The number of hydrogen-bond donors (Lipinski definition) is 1. The fourth-order valence-corrected chi connectivity index (χ4v) is 3.42. The third kappa shape index (κ3) is 2.89. The van der Waals surface area contributed by atoms with Crippen molar-refractivity contribution < 1.29 is 4.74 Å². The van der Waals surface area contributed by atoms with E-state index in [1.54, 1.807) is 0 Å². The van der Waals surface area contributed by atoms with Crippen molar-refractivity contribution in [3.05, 3.63) is 57.8 Å². The molecule has 2 atom stereocenters. The molecule has 0 amide bonds. The largest absolute Gasteiger partial charge is 0.369 e. The third-order valence-electron chi connectivity index (χ3n) is 3.56. The molecule has 2 aromatic rings. The zero-order valence-corrected chi connectivity index (χ0v) is 12.0. The van der Waals surface area contributed by atoms with E-state index in [1.807, 2.05) is 17.4 Å². The van der Waals surface area contributed by atoms with Crippen molar-refractivity contribution in [1.29, 1.82) is 0 Å². The van der Waals surface area contributed by atoms with Crippen molar-refractivity contribution in [2.24, 2.45) is 0 Å². The predicted molar refractivity (Wildman–Crippen MR) is 79.6 cm³/mol. The van der Waals surface area contributed by atoms with Gasteiger partial charge in [0.1, 0.15) is 6.10 Å². The third-order valence-corrected chi connectivity index (χ3v) is 4.89. The van der Waals surface area contributed by atoms with Gasteiger partial charge in [-0.05, 0) is 24.1 Å². The van der Waals surface area contributed by atoms with Crippen LogP contribution >= 0.6 is 11.3 Å². The summed E-state index contributed by atoms with van der Waals surface area (Å²) >= 11 is 1.87. The van der Waals surface area contributed by atoms with E-state index in [2.05, 4.69) is 48.6 Å². The minimum absolute atomic E-state index is 0.213. The van der Waals surface area contributed by atoms with Crippen LogP contribution < -0.4 is 5.32 Å². The Bertz CT molecular complexity index is 515. The number of thiophene rings is 1. The zero-order chi connectivity index (χ0) is 13.1. The second kappa shape index (κ2) is 5.87. The molecule has 1 N–H and O–H groups in total. The summed E-state index contributed by atoms with van der Waals surface area (Å²) in [5.41, 5.74) is 1.31. The van der Waals surface area contributed by atoms with Crippen LogP contribution in [0.25, 0.3) is 0 Å². The van der Waals surface area contributed by atoms with Gasteiger partial charge in [0.15, 0.2) is 0 Å². The van der Waals surface area contributed by atoms with E-state index in [1.165, 1.54) is 15.3 Å². The lowest BCUT2D eigenvalue weighted by Gasteiger charge is -2.30. The molecule has 0 spiro atoms. The van der Waals surface area contributed by atoms with Crippen LogP contribution in [0.5, 0.6) is 0 Å². The van der Waals surface area contributed by atoms with Crippen molar-refractivity contribution in [3.63, 3.8) is 0 Å². The topological polar surface area (TPSA) is 21.3 Å². The van der Waals surface area contributed by atoms with Gasteiger partial charge in [0, 0.05) is 16.3 Å². The highest BCUT2D eigenvalue weighted by atomic mass is 32.1. The Morgan fingerprint density at radius 1 is 1.21 bits per heavy atom. The van der Waals surface area contributed by atoms with Crippen LogP contribution in [0.2, 0.25) is 0 Å². The quantitative estimate of drug-likeness (QED) is 0.920. The lowest BCUT2D eigenvalue weighted by atomic mass is 10.1. The Balaban J connectivity index is 1.63. The SMILES string of the molecule is CCc1ccc(C2CNC(c3ccccc3)CO2)s1. The Morgan fingerprint density at radius 3 is 2.68 bits per heavy atom. The molecule has 0 radical (unpaired) electrons. The van der Waals surface area contributed by atoms with Crippen LogP contribution in [0.1, 0.15) is 34.4 Å². The van der Waals surface area contributed by atoms with Gasteiger partial charge in [-0.25, -0.2) is 0 Å². The van der Waals surface area contributed by atoms with E-state index in [4.69, 9.17) is 4.74 Å².